The normalized spacial score (nSPS) is 15.8. The maximum atomic E-state index is 12.2. The number of aryl methyl sites for hydroxylation is 1. The molecule has 8 heteroatoms. The van der Waals surface area contributed by atoms with E-state index < -0.39 is 23.4 Å². The van der Waals surface area contributed by atoms with Crippen molar-refractivity contribution in [2.75, 3.05) is 11.9 Å². The summed E-state index contributed by atoms with van der Waals surface area (Å²) in [5, 5.41) is 13.2. The summed E-state index contributed by atoms with van der Waals surface area (Å²) in [6.07, 6.45) is 3.06. The van der Waals surface area contributed by atoms with Gasteiger partial charge in [-0.25, -0.2) is 4.79 Å². The second kappa shape index (κ2) is 7.65. The molecule has 3 rings (SSSR count). The molecule has 0 saturated carbocycles. The molecule has 136 valence electrons. The van der Waals surface area contributed by atoms with E-state index in [1.165, 1.54) is 46.0 Å². The summed E-state index contributed by atoms with van der Waals surface area (Å²) in [5.74, 6) is -0.457. The highest BCUT2D eigenvalue weighted by atomic mass is 32.1. The van der Waals surface area contributed by atoms with Gasteiger partial charge in [0, 0.05) is 22.7 Å². The van der Waals surface area contributed by atoms with Crippen LogP contribution >= 0.6 is 11.3 Å². The third-order valence-electron chi connectivity index (χ3n) is 4.21. The number of esters is 1. The molecular weight excluding hydrogens is 356 g/mol. The van der Waals surface area contributed by atoms with Gasteiger partial charge in [-0.3, -0.25) is 14.9 Å². The number of fused-ring (bicyclic) bond motifs is 1. The van der Waals surface area contributed by atoms with Gasteiger partial charge in [-0.2, -0.15) is 0 Å². The summed E-state index contributed by atoms with van der Waals surface area (Å²) in [6.45, 7) is 1.75. The second-order valence-electron chi connectivity index (χ2n) is 6.34. The Morgan fingerprint density at radius 3 is 2.96 bits per heavy atom. The lowest BCUT2D eigenvalue weighted by atomic mass is 9.90. The molecule has 0 bridgehead atoms. The summed E-state index contributed by atoms with van der Waals surface area (Å²) in [6, 6.07) is 7.43. The summed E-state index contributed by atoms with van der Waals surface area (Å²) in [7, 11) is 0. The number of hydrogen-bond donors (Lipinski definition) is 1. The Morgan fingerprint density at radius 2 is 2.19 bits per heavy atom. The highest BCUT2D eigenvalue weighted by molar-refractivity contribution is 7.14. The van der Waals surface area contributed by atoms with Crippen LogP contribution in [0.4, 0.5) is 11.4 Å². The van der Waals surface area contributed by atoms with Crippen LogP contribution in [0.3, 0.4) is 0 Å². The number of nitro benzene ring substituents is 1. The fourth-order valence-electron chi connectivity index (χ4n) is 2.90. The Kier molecular flexibility index (Phi) is 5.32. The number of amides is 1. The standard InChI is InChI=1S/C18H18N2O5S/c1-11-5-6-15-12(7-11)8-16(26-15)18(22)25-10-17(21)19-13-3-2-4-14(9-13)20(23)24/h2-4,8-9,11H,5-7,10H2,1H3,(H,19,21)/t11-/m1/s1. The van der Waals surface area contributed by atoms with Gasteiger partial charge in [-0.05, 0) is 42.9 Å². The van der Waals surface area contributed by atoms with E-state index in [4.69, 9.17) is 4.74 Å². The molecule has 26 heavy (non-hydrogen) atoms. The molecule has 1 N–H and O–H groups in total. The van der Waals surface area contributed by atoms with E-state index in [1.807, 2.05) is 6.07 Å². The highest BCUT2D eigenvalue weighted by Gasteiger charge is 2.21. The Hall–Kier alpha value is -2.74. The first kappa shape index (κ1) is 18.1. The minimum atomic E-state index is -0.547. The number of carbonyl (C=O) groups excluding carboxylic acids is 2. The molecule has 0 unspecified atom stereocenters. The van der Waals surface area contributed by atoms with Crippen molar-refractivity contribution >= 4 is 34.6 Å². The number of rotatable bonds is 5. The number of ether oxygens (including phenoxy) is 1. The molecule has 1 aliphatic rings. The number of thiophene rings is 1. The van der Waals surface area contributed by atoms with Crippen molar-refractivity contribution in [2.24, 2.45) is 5.92 Å². The molecule has 0 fully saturated rings. The van der Waals surface area contributed by atoms with E-state index in [2.05, 4.69) is 12.2 Å². The fraction of sp³-hybridized carbons (Fsp3) is 0.333. The zero-order chi connectivity index (χ0) is 18.7. The first-order chi connectivity index (χ1) is 12.4. The molecular formula is C18H18N2O5S. The van der Waals surface area contributed by atoms with Gasteiger partial charge in [0.2, 0.25) is 0 Å². The monoisotopic (exact) mass is 374 g/mol. The Balaban J connectivity index is 1.55. The van der Waals surface area contributed by atoms with Crippen LogP contribution < -0.4 is 5.32 Å². The van der Waals surface area contributed by atoms with E-state index in [9.17, 15) is 19.7 Å². The van der Waals surface area contributed by atoms with E-state index in [-0.39, 0.29) is 11.4 Å². The van der Waals surface area contributed by atoms with Gasteiger partial charge in [-0.1, -0.05) is 13.0 Å². The van der Waals surface area contributed by atoms with Crippen LogP contribution in [0.1, 0.15) is 33.5 Å². The molecule has 7 nitrogen and oxygen atoms in total. The van der Waals surface area contributed by atoms with E-state index in [1.54, 1.807) is 0 Å². The molecule has 1 atom stereocenters. The van der Waals surface area contributed by atoms with Gasteiger partial charge >= 0.3 is 5.97 Å². The summed E-state index contributed by atoms with van der Waals surface area (Å²) >= 11 is 1.43. The third-order valence-corrected chi connectivity index (χ3v) is 5.42. The molecule has 2 aromatic rings. The van der Waals surface area contributed by atoms with Gasteiger partial charge < -0.3 is 10.1 Å². The molecule has 1 amide bonds. The topological polar surface area (TPSA) is 98.5 Å². The summed E-state index contributed by atoms with van der Waals surface area (Å²) in [5.41, 5.74) is 1.35. The zero-order valence-electron chi connectivity index (χ0n) is 14.2. The molecule has 0 saturated heterocycles. The predicted molar refractivity (Wildman–Crippen MR) is 97.5 cm³/mol. The Labute approximate surface area is 154 Å². The van der Waals surface area contributed by atoms with Crippen LogP contribution in [-0.2, 0) is 22.4 Å². The van der Waals surface area contributed by atoms with Crippen molar-refractivity contribution in [3.8, 4) is 0 Å². The van der Waals surface area contributed by atoms with Gasteiger partial charge in [0.25, 0.3) is 11.6 Å². The first-order valence-electron chi connectivity index (χ1n) is 8.25. The maximum Gasteiger partial charge on any atom is 0.348 e. The lowest BCUT2D eigenvalue weighted by Gasteiger charge is -2.16. The third kappa shape index (κ3) is 4.26. The van der Waals surface area contributed by atoms with Crippen LogP contribution in [0.2, 0.25) is 0 Å². The molecule has 1 aliphatic carbocycles. The van der Waals surface area contributed by atoms with Crippen molar-refractivity contribution in [3.63, 3.8) is 0 Å². The van der Waals surface area contributed by atoms with Crippen molar-refractivity contribution in [2.45, 2.75) is 26.2 Å². The van der Waals surface area contributed by atoms with Crippen LogP contribution in [0, 0.1) is 16.0 Å². The quantitative estimate of drug-likeness (QED) is 0.490. The van der Waals surface area contributed by atoms with Gasteiger partial charge in [-0.15, -0.1) is 11.3 Å². The van der Waals surface area contributed by atoms with Crippen molar-refractivity contribution < 1.29 is 19.2 Å². The van der Waals surface area contributed by atoms with Gasteiger partial charge in [0.05, 0.1) is 4.92 Å². The largest absolute Gasteiger partial charge is 0.451 e. The molecule has 1 aromatic carbocycles. The number of hydrogen-bond acceptors (Lipinski definition) is 6. The maximum absolute atomic E-state index is 12.2. The number of benzene rings is 1. The van der Waals surface area contributed by atoms with Crippen molar-refractivity contribution in [3.05, 3.63) is 55.8 Å². The molecule has 1 aromatic heterocycles. The number of carbonyl (C=O) groups is 2. The number of nitrogens with zero attached hydrogens (tertiary/aromatic N) is 1. The summed E-state index contributed by atoms with van der Waals surface area (Å²) < 4.78 is 5.07. The minimum Gasteiger partial charge on any atom is -0.451 e. The lowest BCUT2D eigenvalue weighted by molar-refractivity contribution is -0.384. The Morgan fingerprint density at radius 1 is 1.38 bits per heavy atom. The average Bonchev–Trinajstić information content (AvgIpc) is 3.03. The second-order valence-corrected chi connectivity index (χ2v) is 7.48. The van der Waals surface area contributed by atoms with Crippen LogP contribution in [0.15, 0.2) is 30.3 Å². The Bertz CT molecular complexity index is 861. The highest BCUT2D eigenvalue weighted by Crippen LogP contribution is 2.32. The van der Waals surface area contributed by atoms with Crippen molar-refractivity contribution in [1.29, 1.82) is 0 Å². The number of anilines is 1. The molecule has 0 radical (unpaired) electrons. The van der Waals surface area contributed by atoms with Crippen LogP contribution in [0.25, 0.3) is 0 Å². The fourth-order valence-corrected chi connectivity index (χ4v) is 4.01. The summed E-state index contributed by atoms with van der Waals surface area (Å²) in [4.78, 5) is 36.0. The van der Waals surface area contributed by atoms with Crippen LogP contribution in [-0.4, -0.2) is 23.4 Å². The average molecular weight is 374 g/mol. The number of non-ortho nitro benzene ring substituents is 1. The number of nitrogens with one attached hydrogen (secondary N) is 1. The SMILES string of the molecule is C[C@@H]1CCc2sc(C(=O)OCC(=O)Nc3cccc([N+](=O)[O-])c3)cc2C1. The van der Waals surface area contributed by atoms with E-state index in [0.29, 0.717) is 10.8 Å². The smallest absolute Gasteiger partial charge is 0.348 e. The van der Waals surface area contributed by atoms with Crippen LogP contribution in [0.5, 0.6) is 0 Å². The molecule has 0 aliphatic heterocycles. The first-order valence-corrected chi connectivity index (χ1v) is 9.07. The van der Waals surface area contributed by atoms with Gasteiger partial charge in [0.1, 0.15) is 4.88 Å². The lowest BCUT2D eigenvalue weighted by Crippen LogP contribution is -2.20. The number of nitro groups is 1. The van der Waals surface area contributed by atoms with Gasteiger partial charge in [0.15, 0.2) is 6.61 Å². The van der Waals surface area contributed by atoms with E-state index >= 15 is 0 Å². The molecule has 0 spiro atoms. The predicted octanol–water partition coefficient (Wildman–Crippen LogP) is 3.58. The van der Waals surface area contributed by atoms with Crippen molar-refractivity contribution in [1.82, 2.24) is 0 Å². The minimum absolute atomic E-state index is 0.127. The molecule has 1 heterocycles. The zero-order valence-corrected chi connectivity index (χ0v) is 15.0. The van der Waals surface area contributed by atoms with E-state index in [0.717, 1.165) is 19.3 Å².